The molecule has 0 spiro atoms. The highest BCUT2D eigenvalue weighted by Gasteiger charge is 2.24. The van der Waals surface area contributed by atoms with Gasteiger partial charge in [-0.05, 0) is 23.8 Å². The molecule has 2 heterocycles. The monoisotopic (exact) mass is 390 g/mol. The van der Waals surface area contributed by atoms with Crippen molar-refractivity contribution >= 4 is 17.5 Å². The lowest BCUT2D eigenvalue weighted by molar-refractivity contribution is -0.132. The third-order valence-electron chi connectivity index (χ3n) is 4.59. The number of pyridine rings is 1. The molecule has 2 aromatic rings. The van der Waals surface area contributed by atoms with Gasteiger partial charge in [0.15, 0.2) is 11.5 Å². The van der Waals surface area contributed by atoms with Crippen LogP contribution in [0.3, 0.4) is 0 Å². The number of carbonyl (C=O) groups excluding carboxylic acids is 1. The lowest BCUT2D eigenvalue weighted by Gasteiger charge is -2.32. The SMILES string of the molecule is COc1ccc(CC(=O)N2CCC(Oc3ccc(Cl)cn3)CC2)cc1OC. The molecule has 7 heteroatoms. The van der Waals surface area contributed by atoms with Gasteiger partial charge in [0, 0.05) is 38.2 Å². The zero-order valence-corrected chi connectivity index (χ0v) is 16.2. The molecule has 0 unspecified atom stereocenters. The minimum Gasteiger partial charge on any atom is -0.493 e. The van der Waals surface area contributed by atoms with E-state index in [-0.39, 0.29) is 12.0 Å². The third-order valence-corrected chi connectivity index (χ3v) is 4.81. The van der Waals surface area contributed by atoms with Gasteiger partial charge in [-0.2, -0.15) is 0 Å². The summed E-state index contributed by atoms with van der Waals surface area (Å²) in [7, 11) is 3.18. The van der Waals surface area contributed by atoms with E-state index in [9.17, 15) is 4.79 Å². The second kappa shape index (κ2) is 8.95. The van der Waals surface area contributed by atoms with Crippen LogP contribution in [0.2, 0.25) is 5.02 Å². The lowest BCUT2D eigenvalue weighted by atomic mass is 10.1. The Labute approximate surface area is 164 Å². The summed E-state index contributed by atoms with van der Waals surface area (Å²) < 4.78 is 16.4. The summed E-state index contributed by atoms with van der Waals surface area (Å²) in [4.78, 5) is 18.6. The van der Waals surface area contributed by atoms with E-state index in [2.05, 4.69) is 4.98 Å². The lowest BCUT2D eigenvalue weighted by Crippen LogP contribution is -2.42. The third kappa shape index (κ3) is 5.04. The fourth-order valence-corrected chi connectivity index (χ4v) is 3.21. The topological polar surface area (TPSA) is 60.9 Å². The number of likely N-dealkylation sites (tertiary alicyclic amines) is 1. The van der Waals surface area contributed by atoms with E-state index in [0.717, 1.165) is 18.4 Å². The van der Waals surface area contributed by atoms with Crippen LogP contribution in [0.15, 0.2) is 36.5 Å². The zero-order valence-electron chi connectivity index (χ0n) is 15.5. The molecule has 27 heavy (non-hydrogen) atoms. The minimum absolute atomic E-state index is 0.0591. The van der Waals surface area contributed by atoms with Crippen molar-refractivity contribution in [3.05, 3.63) is 47.1 Å². The number of benzene rings is 1. The summed E-state index contributed by atoms with van der Waals surface area (Å²) in [6.45, 7) is 1.34. The molecule has 0 aliphatic carbocycles. The van der Waals surface area contributed by atoms with Crippen LogP contribution in [0.5, 0.6) is 17.4 Å². The Balaban J connectivity index is 1.51. The van der Waals surface area contributed by atoms with Crippen LogP contribution >= 0.6 is 11.6 Å². The Morgan fingerprint density at radius 3 is 2.52 bits per heavy atom. The normalized spacial score (nSPS) is 14.7. The number of halogens is 1. The van der Waals surface area contributed by atoms with Gasteiger partial charge in [0.1, 0.15) is 6.10 Å². The Morgan fingerprint density at radius 2 is 1.89 bits per heavy atom. The first kappa shape index (κ1) is 19.3. The Kier molecular flexibility index (Phi) is 6.40. The number of rotatable bonds is 6. The molecule has 144 valence electrons. The van der Waals surface area contributed by atoms with Crippen molar-refractivity contribution < 1.29 is 19.0 Å². The summed E-state index contributed by atoms with van der Waals surface area (Å²) in [5.41, 5.74) is 0.904. The van der Waals surface area contributed by atoms with Crippen molar-refractivity contribution in [1.29, 1.82) is 0 Å². The number of carbonyl (C=O) groups is 1. The maximum absolute atomic E-state index is 12.6. The molecular weight excluding hydrogens is 368 g/mol. The van der Waals surface area contributed by atoms with E-state index in [1.165, 1.54) is 0 Å². The highest BCUT2D eigenvalue weighted by atomic mass is 35.5. The van der Waals surface area contributed by atoms with Crippen LogP contribution in [-0.2, 0) is 11.2 Å². The van der Waals surface area contributed by atoms with Gasteiger partial charge in [0.05, 0.1) is 25.7 Å². The van der Waals surface area contributed by atoms with Crippen molar-refractivity contribution in [2.45, 2.75) is 25.4 Å². The van der Waals surface area contributed by atoms with Crippen molar-refractivity contribution in [3.8, 4) is 17.4 Å². The predicted molar refractivity (Wildman–Crippen MR) is 103 cm³/mol. The molecule has 0 radical (unpaired) electrons. The van der Waals surface area contributed by atoms with E-state index >= 15 is 0 Å². The number of piperidine rings is 1. The predicted octanol–water partition coefficient (Wildman–Crippen LogP) is 3.36. The van der Waals surface area contributed by atoms with Gasteiger partial charge >= 0.3 is 0 Å². The molecule has 1 aliphatic rings. The molecule has 1 aromatic heterocycles. The fraction of sp³-hybridized carbons (Fsp3) is 0.400. The number of hydrogen-bond acceptors (Lipinski definition) is 5. The number of methoxy groups -OCH3 is 2. The first-order chi connectivity index (χ1) is 13.1. The fourth-order valence-electron chi connectivity index (χ4n) is 3.10. The van der Waals surface area contributed by atoms with Crippen LogP contribution < -0.4 is 14.2 Å². The molecule has 1 aliphatic heterocycles. The van der Waals surface area contributed by atoms with Crippen molar-refractivity contribution in [2.75, 3.05) is 27.3 Å². The van der Waals surface area contributed by atoms with Crippen LogP contribution in [0.4, 0.5) is 0 Å². The number of amides is 1. The van der Waals surface area contributed by atoms with Crippen LogP contribution in [0.25, 0.3) is 0 Å². The van der Waals surface area contributed by atoms with Gasteiger partial charge in [0.25, 0.3) is 0 Å². The van der Waals surface area contributed by atoms with E-state index in [1.807, 2.05) is 23.1 Å². The number of aromatic nitrogens is 1. The molecule has 0 bridgehead atoms. The quantitative estimate of drug-likeness (QED) is 0.756. The van der Waals surface area contributed by atoms with Gasteiger partial charge in [-0.25, -0.2) is 4.98 Å². The van der Waals surface area contributed by atoms with Crippen molar-refractivity contribution in [2.24, 2.45) is 0 Å². The van der Waals surface area contributed by atoms with Crippen molar-refractivity contribution in [1.82, 2.24) is 9.88 Å². The number of nitrogens with zero attached hydrogens (tertiary/aromatic N) is 2. The van der Waals surface area contributed by atoms with Gasteiger partial charge in [-0.3, -0.25) is 4.79 Å². The smallest absolute Gasteiger partial charge is 0.226 e. The summed E-state index contributed by atoms with van der Waals surface area (Å²) in [6.07, 6.45) is 3.52. The van der Waals surface area contributed by atoms with Gasteiger partial charge in [-0.1, -0.05) is 17.7 Å². The van der Waals surface area contributed by atoms with E-state index in [0.29, 0.717) is 41.9 Å². The minimum atomic E-state index is 0.0591. The molecule has 0 atom stereocenters. The highest BCUT2D eigenvalue weighted by molar-refractivity contribution is 6.30. The largest absolute Gasteiger partial charge is 0.493 e. The molecule has 0 saturated carbocycles. The number of ether oxygens (including phenoxy) is 3. The first-order valence-electron chi connectivity index (χ1n) is 8.86. The standard InChI is InChI=1S/C20H23ClN2O4/c1-25-17-5-3-14(11-18(17)26-2)12-20(24)23-9-7-16(8-10-23)27-19-6-4-15(21)13-22-19/h3-6,11,13,16H,7-10,12H2,1-2H3. The zero-order chi connectivity index (χ0) is 19.2. The summed E-state index contributed by atoms with van der Waals surface area (Å²) in [5, 5.41) is 0.581. The summed E-state index contributed by atoms with van der Waals surface area (Å²) in [6, 6.07) is 9.07. The average molecular weight is 391 g/mol. The van der Waals surface area contributed by atoms with Gasteiger partial charge < -0.3 is 19.1 Å². The van der Waals surface area contributed by atoms with Gasteiger partial charge in [-0.15, -0.1) is 0 Å². The summed E-state index contributed by atoms with van der Waals surface area (Å²) >= 11 is 5.83. The molecule has 6 nitrogen and oxygen atoms in total. The van der Waals surface area contributed by atoms with E-state index < -0.39 is 0 Å². The van der Waals surface area contributed by atoms with Crippen LogP contribution in [-0.4, -0.2) is 49.2 Å². The van der Waals surface area contributed by atoms with Gasteiger partial charge in [0.2, 0.25) is 11.8 Å². The molecule has 1 amide bonds. The maximum Gasteiger partial charge on any atom is 0.226 e. The second-order valence-corrected chi connectivity index (χ2v) is 6.82. The molecule has 0 N–H and O–H groups in total. The highest BCUT2D eigenvalue weighted by Crippen LogP contribution is 2.28. The Morgan fingerprint density at radius 1 is 1.15 bits per heavy atom. The van der Waals surface area contributed by atoms with Crippen LogP contribution in [0.1, 0.15) is 18.4 Å². The Bertz CT molecular complexity index is 774. The molecule has 3 rings (SSSR count). The first-order valence-corrected chi connectivity index (χ1v) is 9.23. The summed E-state index contributed by atoms with van der Waals surface area (Å²) in [5.74, 6) is 1.95. The molecule has 1 fully saturated rings. The number of hydrogen-bond donors (Lipinski definition) is 0. The van der Waals surface area contributed by atoms with E-state index in [4.69, 9.17) is 25.8 Å². The van der Waals surface area contributed by atoms with Crippen LogP contribution in [0, 0.1) is 0 Å². The Hall–Kier alpha value is -2.47. The second-order valence-electron chi connectivity index (χ2n) is 6.38. The van der Waals surface area contributed by atoms with E-state index in [1.54, 1.807) is 32.5 Å². The molecule has 1 aromatic carbocycles. The average Bonchev–Trinajstić information content (AvgIpc) is 2.70. The maximum atomic E-state index is 12.6. The van der Waals surface area contributed by atoms with Crippen molar-refractivity contribution in [3.63, 3.8) is 0 Å². The molecule has 1 saturated heterocycles. The molecular formula is C20H23ClN2O4.